The van der Waals surface area contributed by atoms with Gasteiger partial charge in [-0.2, -0.15) is 13.2 Å². The van der Waals surface area contributed by atoms with E-state index in [4.69, 9.17) is 16.3 Å². The fourth-order valence-electron chi connectivity index (χ4n) is 1.22. The van der Waals surface area contributed by atoms with Gasteiger partial charge in [-0.1, -0.05) is 46.3 Å². The molecule has 6 heteroatoms. The number of hydrogen-bond donors (Lipinski definition) is 0. The average molecular weight is 379 g/mol. The molecule has 0 aromatic heterocycles. The molecule has 0 bridgehead atoms. The van der Waals surface area contributed by atoms with Crippen molar-refractivity contribution >= 4 is 34.2 Å². The highest BCUT2D eigenvalue weighted by Gasteiger charge is 2.27. The van der Waals surface area contributed by atoms with Gasteiger partial charge in [0.15, 0.2) is 0 Å². The van der Waals surface area contributed by atoms with Crippen LogP contribution in [0.15, 0.2) is 24.3 Å². The molecule has 0 aliphatic rings. The Morgan fingerprint density at radius 1 is 1.24 bits per heavy atom. The maximum atomic E-state index is 12.0. The van der Waals surface area contributed by atoms with Gasteiger partial charge in [0.05, 0.1) is 19.1 Å². The highest BCUT2D eigenvalue weighted by atomic mass is 127. The molecule has 0 saturated carbocycles. The molecule has 1 aromatic carbocycles. The largest absolute Gasteiger partial charge is 0.391 e. The third-order valence-corrected chi connectivity index (χ3v) is 3.14. The Labute approximate surface area is 116 Å². The van der Waals surface area contributed by atoms with Crippen molar-refractivity contribution in [1.29, 1.82) is 0 Å². The van der Waals surface area contributed by atoms with Crippen LogP contribution < -0.4 is 0 Å². The molecule has 0 radical (unpaired) electrons. The van der Waals surface area contributed by atoms with E-state index in [-0.39, 0.29) is 12.7 Å². The molecule has 0 amide bonds. The van der Waals surface area contributed by atoms with E-state index in [1.807, 2.05) is 0 Å². The fourth-order valence-corrected chi connectivity index (χ4v) is 2.11. The number of halogens is 5. The van der Waals surface area contributed by atoms with Gasteiger partial charge < -0.3 is 4.74 Å². The maximum Gasteiger partial charge on any atom is 0.391 e. The molecule has 1 rings (SSSR count). The Morgan fingerprint density at radius 3 is 2.29 bits per heavy atom. The predicted octanol–water partition coefficient (Wildman–Crippen LogP) is 4.79. The third-order valence-electron chi connectivity index (χ3n) is 2.09. The summed E-state index contributed by atoms with van der Waals surface area (Å²) >= 11 is 7.82. The second-order valence-electron chi connectivity index (χ2n) is 3.43. The molecule has 0 saturated heterocycles. The number of ether oxygens (including phenoxy) is 1. The van der Waals surface area contributed by atoms with Crippen molar-refractivity contribution in [1.82, 2.24) is 0 Å². The molecular weight excluding hydrogens is 367 g/mol. The van der Waals surface area contributed by atoms with Crippen LogP contribution in [0.5, 0.6) is 0 Å². The lowest BCUT2D eigenvalue weighted by Crippen LogP contribution is -2.14. The molecule has 0 aliphatic heterocycles. The van der Waals surface area contributed by atoms with Crippen molar-refractivity contribution in [3.8, 4) is 0 Å². The Hall–Kier alpha value is -0.0100. The lowest BCUT2D eigenvalue weighted by Gasteiger charge is -2.16. The number of hydrogen-bond acceptors (Lipinski definition) is 1. The summed E-state index contributed by atoms with van der Waals surface area (Å²) in [6.07, 6.45) is -5.42. The van der Waals surface area contributed by atoms with Crippen LogP contribution in [-0.4, -0.2) is 17.2 Å². The summed E-state index contributed by atoms with van der Waals surface area (Å²) in [7, 11) is 0. The van der Waals surface area contributed by atoms with Gasteiger partial charge in [-0.15, -0.1) is 0 Å². The minimum absolute atomic E-state index is 0.320. The Morgan fingerprint density at radius 2 is 1.82 bits per heavy atom. The fraction of sp³-hybridized carbons (Fsp3) is 0.455. The molecule has 0 spiro atoms. The molecular formula is C11H11ClF3IO. The molecule has 0 heterocycles. The van der Waals surface area contributed by atoms with Crippen molar-refractivity contribution in [3.05, 3.63) is 34.9 Å². The van der Waals surface area contributed by atoms with E-state index < -0.39 is 12.6 Å². The van der Waals surface area contributed by atoms with Gasteiger partial charge in [0.2, 0.25) is 0 Å². The monoisotopic (exact) mass is 378 g/mol. The summed E-state index contributed by atoms with van der Waals surface area (Å²) < 4.78 is 41.7. The maximum absolute atomic E-state index is 12.0. The first-order chi connectivity index (χ1) is 7.92. The first kappa shape index (κ1) is 15.0. The van der Waals surface area contributed by atoms with Crippen LogP contribution in [0.2, 0.25) is 5.02 Å². The minimum Gasteiger partial charge on any atom is -0.372 e. The average Bonchev–Trinajstić information content (AvgIpc) is 2.24. The van der Waals surface area contributed by atoms with Gasteiger partial charge in [-0.05, 0) is 17.7 Å². The van der Waals surface area contributed by atoms with Crippen LogP contribution in [0, 0.1) is 0 Å². The summed E-state index contributed by atoms with van der Waals surface area (Å²) in [4.78, 5) is 0. The van der Waals surface area contributed by atoms with Crippen molar-refractivity contribution < 1.29 is 17.9 Å². The SMILES string of the molecule is FC(F)(F)CCOC(CI)c1ccc(Cl)cc1. The molecule has 96 valence electrons. The van der Waals surface area contributed by atoms with E-state index >= 15 is 0 Å². The number of alkyl halides is 4. The van der Waals surface area contributed by atoms with Crippen LogP contribution in [0.4, 0.5) is 13.2 Å². The van der Waals surface area contributed by atoms with Crippen LogP contribution >= 0.6 is 34.2 Å². The van der Waals surface area contributed by atoms with Crippen LogP contribution in [0.1, 0.15) is 18.1 Å². The number of rotatable bonds is 5. The molecule has 1 atom stereocenters. The molecule has 1 unspecified atom stereocenters. The molecule has 1 aromatic rings. The lowest BCUT2D eigenvalue weighted by atomic mass is 10.1. The summed E-state index contributed by atoms with van der Waals surface area (Å²) in [5.74, 6) is 0. The summed E-state index contributed by atoms with van der Waals surface area (Å²) in [5.41, 5.74) is 0.839. The first-order valence-electron chi connectivity index (χ1n) is 4.92. The van der Waals surface area contributed by atoms with E-state index in [0.717, 1.165) is 5.56 Å². The Balaban J connectivity index is 2.51. The van der Waals surface area contributed by atoms with Crippen molar-refractivity contribution in [3.63, 3.8) is 0 Å². The first-order valence-corrected chi connectivity index (χ1v) is 6.82. The summed E-state index contributed by atoms with van der Waals surface area (Å²) in [6, 6.07) is 6.92. The molecule has 1 nitrogen and oxygen atoms in total. The van der Waals surface area contributed by atoms with Gasteiger partial charge >= 0.3 is 6.18 Å². The lowest BCUT2D eigenvalue weighted by molar-refractivity contribution is -0.148. The Bertz CT molecular complexity index is 340. The van der Waals surface area contributed by atoms with E-state index in [1.54, 1.807) is 24.3 Å². The van der Waals surface area contributed by atoms with Gasteiger partial charge in [-0.25, -0.2) is 0 Å². The van der Waals surface area contributed by atoms with Gasteiger partial charge in [0.1, 0.15) is 0 Å². The zero-order valence-corrected chi connectivity index (χ0v) is 11.7. The van der Waals surface area contributed by atoms with E-state index in [2.05, 4.69) is 22.6 Å². The van der Waals surface area contributed by atoms with Crippen LogP contribution in [0.3, 0.4) is 0 Å². The molecule has 17 heavy (non-hydrogen) atoms. The van der Waals surface area contributed by atoms with Crippen molar-refractivity contribution in [2.75, 3.05) is 11.0 Å². The second kappa shape index (κ2) is 6.80. The summed E-state index contributed by atoms with van der Waals surface area (Å²) in [6.45, 7) is -0.320. The quantitative estimate of drug-likeness (QED) is 0.529. The molecule has 0 aliphatic carbocycles. The van der Waals surface area contributed by atoms with Crippen molar-refractivity contribution in [2.24, 2.45) is 0 Å². The van der Waals surface area contributed by atoms with Gasteiger partial charge in [0, 0.05) is 9.45 Å². The van der Waals surface area contributed by atoms with Gasteiger partial charge in [-0.3, -0.25) is 0 Å². The third kappa shape index (κ3) is 5.92. The van der Waals surface area contributed by atoms with Crippen LogP contribution in [0.25, 0.3) is 0 Å². The van der Waals surface area contributed by atoms with E-state index in [1.165, 1.54) is 0 Å². The zero-order chi connectivity index (χ0) is 12.9. The normalized spacial score (nSPS) is 13.7. The molecule has 0 N–H and O–H groups in total. The number of benzene rings is 1. The zero-order valence-electron chi connectivity index (χ0n) is 8.81. The highest BCUT2D eigenvalue weighted by Crippen LogP contribution is 2.25. The minimum atomic E-state index is -4.17. The topological polar surface area (TPSA) is 9.23 Å². The Kier molecular flexibility index (Phi) is 6.02. The molecule has 0 fully saturated rings. The highest BCUT2D eigenvalue weighted by molar-refractivity contribution is 14.1. The smallest absolute Gasteiger partial charge is 0.372 e. The summed E-state index contributed by atoms with van der Waals surface area (Å²) in [5, 5.41) is 0.594. The predicted molar refractivity (Wildman–Crippen MR) is 69.7 cm³/mol. The van der Waals surface area contributed by atoms with E-state index in [0.29, 0.717) is 9.45 Å². The van der Waals surface area contributed by atoms with Crippen LogP contribution in [-0.2, 0) is 4.74 Å². The van der Waals surface area contributed by atoms with E-state index in [9.17, 15) is 13.2 Å². The standard InChI is InChI=1S/C11H11ClF3IO/c12-9-3-1-8(2-4-9)10(7-16)17-6-5-11(13,14)15/h1-4,10H,5-7H2. The second-order valence-corrected chi connectivity index (χ2v) is 4.75. The van der Waals surface area contributed by atoms with Gasteiger partial charge in [0.25, 0.3) is 0 Å². The van der Waals surface area contributed by atoms with Crippen molar-refractivity contribution in [2.45, 2.75) is 18.7 Å².